The smallest absolute Gasteiger partial charge is 0.126 e. The van der Waals surface area contributed by atoms with Crippen LogP contribution >= 0.6 is 11.6 Å². The van der Waals surface area contributed by atoms with Crippen molar-refractivity contribution in [3.63, 3.8) is 0 Å². The maximum Gasteiger partial charge on any atom is 0.126 e. The standard InChI is InChI=1S/C12H17ClN2/c1-8-4-5-14-11(6-8)15-10-7-9(13)12(10,2)3/h4-6,9-10H,7H2,1-3H3,(H,14,15). The fraction of sp³-hybridized carbons (Fsp3) is 0.583. The summed E-state index contributed by atoms with van der Waals surface area (Å²) in [4.78, 5) is 4.30. The minimum atomic E-state index is 0.160. The lowest BCUT2D eigenvalue weighted by Gasteiger charge is -2.49. The molecule has 0 saturated heterocycles. The monoisotopic (exact) mass is 224 g/mol. The van der Waals surface area contributed by atoms with E-state index in [-0.39, 0.29) is 10.8 Å². The molecule has 0 aliphatic heterocycles. The number of aromatic nitrogens is 1. The number of nitrogens with one attached hydrogen (secondary N) is 1. The molecule has 0 bridgehead atoms. The predicted octanol–water partition coefficient (Wildman–Crippen LogP) is 3.21. The van der Waals surface area contributed by atoms with Gasteiger partial charge in [-0.25, -0.2) is 4.98 Å². The van der Waals surface area contributed by atoms with Gasteiger partial charge in [-0.05, 0) is 31.0 Å². The van der Waals surface area contributed by atoms with Gasteiger partial charge in [-0.3, -0.25) is 0 Å². The molecule has 2 rings (SSSR count). The van der Waals surface area contributed by atoms with Crippen LogP contribution in [-0.4, -0.2) is 16.4 Å². The maximum absolute atomic E-state index is 6.17. The Morgan fingerprint density at radius 3 is 2.80 bits per heavy atom. The minimum Gasteiger partial charge on any atom is -0.367 e. The van der Waals surface area contributed by atoms with E-state index in [2.05, 4.69) is 37.1 Å². The van der Waals surface area contributed by atoms with Crippen LogP contribution in [0.15, 0.2) is 18.3 Å². The van der Waals surface area contributed by atoms with Crippen LogP contribution in [0, 0.1) is 12.3 Å². The number of anilines is 1. The number of pyridine rings is 1. The molecule has 82 valence electrons. The number of hydrogen-bond donors (Lipinski definition) is 1. The molecule has 1 aliphatic carbocycles. The third kappa shape index (κ3) is 1.96. The van der Waals surface area contributed by atoms with E-state index < -0.39 is 0 Å². The Balaban J connectivity index is 2.05. The summed E-state index contributed by atoms with van der Waals surface area (Å²) < 4.78 is 0. The second-order valence-corrected chi connectivity index (χ2v) is 5.47. The molecule has 1 heterocycles. The summed E-state index contributed by atoms with van der Waals surface area (Å²) in [6, 6.07) is 4.51. The lowest BCUT2D eigenvalue weighted by Crippen LogP contribution is -2.54. The number of nitrogens with zero attached hydrogens (tertiary/aromatic N) is 1. The second-order valence-electron chi connectivity index (χ2n) is 4.94. The highest BCUT2D eigenvalue weighted by Gasteiger charge is 2.47. The summed E-state index contributed by atoms with van der Waals surface area (Å²) >= 11 is 6.17. The van der Waals surface area contributed by atoms with Crippen LogP contribution in [0.25, 0.3) is 0 Å². The summed E-state index contributed by atoms with van der Waals surface area (Å²) in [6.07, 6.45) is 2.85. The molecule has 2 nitrogen and oxygen atoms in total. The first-order valence-electron chi connectivity index (χ1n) is 5.33. The third-order valence-electron chi connectivity index (χ3n) is 3.39. The molecule has 0 amide bonds. The van der Waals surface area contributed by atoms with Crippen LogP contribution in [-0.2, 0) is 0 Å². The summed E-state index contributed by atoms with van der Waals surface area (Å²) in [5, 5.41) is 3.72. The molecular formula is C12H17ClN2. The van der Waals surface area contributed by atoms with Gasteiger partial charge in [0.1, 0.15) is 5.82 Å². The predicted molar refractivity (Wildman–Crippen MR) is 64.4 cm³/mol. The fourth-order valence-electron chi connectivity index (χ4n) is 1.91. The lowest BCUT2D eigenvalue weighted by molar-refractivity contribution is 0.168. The third-order valence-corrected chi connectivity index (χ3v) is 4.13. The topological polar surface area (TPSA) is 24.9 Å². The van der Waals surface area contributed by atoms with Gasteiger partial charge in [-0.15, -0.1) is 11.6 Å². The summed E-state index contributed by atoms with van der Waals surface area (Å²) in [7, 11) is 0. The Morgan fingerprint density at radius 1 is 1.53 bits per heavy atom. The Morgan fingerprint density at radius 2 is 2.27 bits per heavy atom. The van der Waals surface area contributed by atoms with E-state index in [0.29, 0.717) is 6.04 Å². The van der Waals surface area contributed by atoms with Crippen LogP contribution in [0.1, 0.15) is 25.8 Å². The van der Waals surface area contributed by atoms with Crippen molar-refractivity contribution in [2.75, 3.05) is 5.32 Å². The van der Waals surface area contributed by atoms with Crippen LogP contribution in [0.3, 0.4) is 0 Å². The maximum atomic E-state index is 6.17. The van der Waals surface area contributed by atoms with Gasteiger partial charge in [0.2, 0.25) is 0 Å². The van der Waals surface area contributed by atoms with Crippen molar-refractivity contribution < 1.29 is 0 Å². The van der Waals surface area contributed by atoms with E-state index in [4.69, 9.17) is 11.6 Å². The largest absolute Gasteiger partial charge is 0.367 e. The molecule has 2 unspecified atom stereocenters. The first-order chi connectivity index (χ1) is 7.00. The van der Waals surface area contributed by atoms with E-state index in [9.17, 15) is 0 Å². The first kappa shape index (κ1) is 10.7. The van der Waals surface area contributed by atoms with Gasteiger partial charge in [0.05, 0.1) is 0 Å². The molecule has 1 saturated carbocycles. The summed E-state index contributed by atoms with van der Waals surface area (Å²) in [5.41, 5.74) is 1.39. The van der Waals surface area contributed by atoms with Crippen molar-refractivity contribution in [1.82, 2.24) is 4.98 Å². The van der Waals surface area contributed by atoms with Crippen LogP contribution in [0.2, 0.25) is 0 Å². The normalized spacial score (nSPS) is 28.3. The molecule has 0 aromatic carbocycles. The van der Waals surface area contributed by atoms with Crippen LogP contribution < -0.4 is 5.32 Å². The molecule has 1 aromatic heterocycles. The Kier molecular flexibility index (Phi) is 2.63. The molecule has 15 heavy (non-hydrogen) atoms. The highest BCUT2D eigenvalue weighted by Crippen LogP contribution is 2.45. The number of rotatable bonds is 2. The number of aryl methyl sites for hydroxylation is 1. The average molecular weight is 225 g/mol. The Labute approximate surface area is 96.1 Å². The minimum absolute atomic E-state index is 0.160. The highest BCUT2D eigenvalue weighted by molar-refractivity contribution is 6.21. The van der Waals surface area contributed by atoms with Gasteiger partial charge in [0.25, 0.3) is 0 Å². The van der Waals surface area contributed by atoms with E-state index >= 15 is 0 Å². The van der Waals surface area contributed by atoms with Crippen LogP contribution in [0.5, 0.6) is 0 Å². The molecule has 0 spiro atoms. The van der Waals surface area contributed by atoms with E-state index in [1.165, 1.54) is 5.56 Å². The van der Waals surface area contributed by atoms with Gasteiger partial charge in [-0.1, -0.05) is 13.8 Å². The van der Waals surface area contributed by atoms with Crippen LogP contribution in [0.4, 0.5) is 5.82 Å². The molecule has 1 aliphatic rings. The summed E-state index contributed by atoms with van der Waals surface area (Å²) in [6.45, 7) is 6.46. The summed E-state index contributed by atoms with van der Waals surface area (Å²) in [5.74, 6) is 0.955. The fourth-order valence-corrected chi connectivity index (χ4v) is 2.24. The number of halogens is 1. The van der Waals surface area contributed by atoms with Crippen molar-refractivity contribution in [1.29, 1.82) is 0 Å². The molecular weight excluding hydrogens is 208 g/mol. The van der Waals surface area contributed by atoms with E-state index in [0.717, 1.165) is 12.2 Å². The zero-order valence-electron chi connectivity index (χ0n) is 9.42. The van der Waals surface area contributed by atoms with Crippen molar-refractivity contribution in [2.24, 2.45) is 5.41 Å². The van der Waals surface area contributed by atoms with E-state index in [1.807, 2.05) is 12.3 Å². The van der Waals surface area contributed by atoms with Gasteiger partial charge in [0, 0.05) is 23.0 Å². The number of hydrogen-bond acceptors (Lipinski definition) is 2. The van der Waals surface area contributed by atoms with Crippen molar-refractivity contribution in [2.45, 2.75) is 38.6 Å². The van der Waals surface area contributed by atoms with Gasteiger partial charge >= 0.3 is 0 Å². The zero-order valence-corrected chi connectivity index (χ0v) is 10.2. The number of alkyl halides is 1. The quantitative estimate of drug-likeness (QED) is 0.781. The SMILES string of the molecule is Cc1ccnc(NC2CC(Cl)C2(C)C)c1. The Bertz CT molecular complexity index is 362. The molecule has 0 radical (unpaired) electrons. The zero-order chi connectivity index (χ0) is 11.1. The van der Waals surface area contributed by atoms with Crippen molar-refractivity contribution in [3.05, 3.63) is 23.9 Å². The molecule has 1 N–H and O–H groups in total. The second kappa shape index (κ2) is 3.67. The first-order valence-corrected chi connectivity index (χ1v) is 5.77. The average Bonchev–Trinajstić information content (AvgIpc) is 2.17. The Hall–Kier alpha value is -0.760. The molecule has 1 aromatic rings. The molecule has 1 fully saturated rings. The highest BCUT2D eigenvalue weighted by atomic mass is 35.5. The molecule has 3 heteroatoms. The van der Waals surface area contributed by atoms with Crippen molar-refractivity contribution >= 4 is 17.4 Å². The van der Waals surface area contributed by atoms with Gasteiger partial charge in [-0.2, -0.15) is 0 Å². The van der Waals surface area contributed by atoms with Gasteiger partial charge < -0.3 is 5.32 Å². The van der Waals surface area contributed by atoms with E-state index in [1.54, 1.807) is 0 Å². The lowest BCUT2D eigenvalue weighted by atomic mass is 9.67. The van der Waals surface area contributed by atoms with Crippen molar-refractivity contribution in [3.8, 4) is 0 Å². The van der Waals surface area contributed by atoms with Gasteiger partial charge in [0.15, 0.2) is 0 Å². The molecule has 2 atom stereocenters.